The van der Waals surface area contributed by atoms with E-state index in [-0.39, 0.29) is 40.5 Å². The van der Waals surface area contributed by atoms with Crippen LogP contribution in [0.15, 0.2) is 71.6 Å². The molecule has 0 aliphatic heterocycles. The first-order valence-corrected chi connectivity index (χ1v) is 12.3. The molecule has 0 saturated heterocycles. The van der Waals surface area contributed by atoms with Gasteiger partial charge in [-0.1, -0.05) is 79.0 Å². The van der Waals surface area contributed by atoms with Crippen molar-refractivity contribution in [2.75, 3.05) is 0 Å². The summed E-state index contributed by atoms with van der Waals surface area (Å²) in [5.74, 6) is 0. The molecule has 0 spiro atoms. The maximum Gasteiger partial charge on any atom is 0.242 e. The molecule has 0 radical (unpaired) electrons. The molecule has 1 saturated carbocycles. The Morgan fingerprint density at radius 2 is 1.55 bits per heavy atom. The Balaban J connectivity index is 0.00000272. The Hall–Kier alpha value is -1.63. The molecule has 0 heterocycles. The van der Waals surface area contributed by atoms with Crippen molar-refractivity contribution >= 4 is 44.8 Å². The van der Waals surface area contributed by atoms with Gasteiger partial charge in [-0.25, -0.2) is 13.1 Å². The predicted molar refractivity (Wildman–Crippen MR) is 131 cm³/mol. The van der Waals surface area contributed by atoms with Crippen molar-refractivity contribution in [1.82, 2.24) is 10.0 Å². The number of sulfonamides is 1. The Labute approximate surface area is 195 Å². The Kier molecular flexibility index (Phi) is 8.00. The number of hydrogen-bond donors (Lipinski definition) is 2. The molecule has 0 amide bonds. The number of benzene rings is 3. The number of hydrogen-bond acceptors (Lipinski definition) is 3. The van der Waals surface area contributed by atoms with Crippen LogP contribution in [-0.4, -0.2) is 20.5 Å². The first kappa shape index (κ1) is 24.0. The Bertz CT molecular complexity index is 1130. The van der Waals surface area contributed by atoms with Gasteiger partial charge >= 0.3 is 0 Å². The lowest BCUT2D eigenvalue weighted by atomic mass is 9.89. The normalized spacial score (nSPS) is 20.2. The van der Waals surface area contributed by atoms with Crippen LogP contribution in [0.2, 0.25) is 5.02 Å². The van der Waals surface area contributed by atoms with E-state index in [1.165, 1.54) is 16.3 Å². The lowest BCUT2D eigenvalue weighted by Gasteiger charge is -2.35. The van der Waals surface area contributed by atoms with Crippen molar-refractivity contribution in [3.05, 3.63) is 77.3 Å². The van der Waals surface area contributed by atoms with Crippen LogP contribution < -0.4 is 10.0 Å². The number of halogens is 2. The number of rotatable bonds is 6. The van der Waals surface area contributed by atoms with Gasteiger partial charge in [-0.2, -0.15) is 0 Å². The van der Waals surface area contributed by atoms with E-state index < -0.39 is 10.0 Å². The molecule has 1 fully saturated rings. The molecular formula is C24H28Cl2N2O2S. The standard InChI is InChI=1S/C24H27ClN2O2S.ClH/c1-17(19-12-8-10-18-9-2-3-11-20(18)19)26-22-14-5-6-15-23(22)27-30(28,29)24-16-7-4-13-21(24)25;/h2-4,7-13,16-17,22-23,26-27H,5-6,14-15H2,1H3;1H/t17?,22-,23?;/m0./s1. The summed E-state index contributed by atoms with van der Waals surface area (Å²) in [7, 11) is -3.68. The van der Waals surface area contributed by atoms with E-state index in [0.29, 0.717) is 0 Å². The van der Waals surface area contributed by atoms with Crippen LogP contribution in [0.4, 0.5) is 0 Å². The molecule has 7 heteroatoms. The molecule has 0 bridgehead atoms. The summed E-state index contributed by atoms with van der Waals surface area (Å²) in [5, 5.41) is 6.39. The Morgan fingerprint density at radius 3 is 2.32 bits per heavy atom. The van der Waals surface area contributed by atoms with Crippen molar-refractivity contribution < 1.29 is 8.42 Å². The molecule has 2 N–H and O–H groups in total. The highest BCUT2D eigenvalue weighted by Gasteiger charge is 2.31. The molecule has 166 valence electrons. The van der Waals surface area contributed by atoms with Crippen LogP contribution in [0, 0.1) is 0 Å². The molecule has 3 aromatic rings. The Morgan fingerprint density at radius 1 is 0.903 bits per heavy atom. The van der Waals surface area contributed by atoms with Crippen LogP contribution in [0.25, 0.3) is 10.8 Å². The van der Waals surface area contributed by atoms with E-state index in [2.05, 4.69) is 53.4 Å². The van der Waals surface area contributed by atoms with Crippen LogP contribution >= 0.6 is 24.0 Å². The second-order valence-electron chi connectivity index (χ2n) is 8.01. The third-order valence-corrected chi connectivity index (χ3v) is 7.94. The maximum atomic E-state index is 13.0. The van der Waals surface area contributed by atoms with Gasteiger partial charge in [0.1, 0.15) is 4.90 Å². The molecule has 1 aliphatic carbocycles. The van der Waals surface area contributed by atoms with Gasteiger partial charge < -0.3 is 5.32 Å². The summed E-state index contributed by atoms with van der Waals surface area (Å²) in [5.41, 5.74) is 1.23. The minimum atomic E-state index is -3.68. The topological polar surface area (TPSA) is 58.2 Å². The van der Waals surface area contributed by atoms with Gasteiger partial charge in [0, 0.05) is 18.1 Å². The van der Waals surface area contributed by atoms with Crippen molar-refractivity contribution in [2.24, 2.45) is 0 Å². The van der Waals surface area contributed by atoms with E-state index in [1.54, 1.807) is 24.3 Å². The molecule has 2 unspecified atom stereocenters. The van der Waals surface area contributed by atoms with Crippen LogP contribution in [-0.2, 0) is 10.0 Å². The minimum Gasteiger partial charge on any atom is -0.306 e. The van der Waals surface area contributed by atoms with Gasteiger partial charge in [0.15, 0.2) is 0 Å². The average Bonchev–Trinajstić information content (AvgIpc) is 2.74. The first-order valence-electron chi connectivity index (χ1n) is 10.5. The third kappa shape index (κ3) is 5.41. The van der Waals surface area contributed by atoms with Crippen molar-refractivity contribution in [1.29, 1.82) is 0 Å². The fraction of sp³-hybridized carbons (Fsp3) is 0.333. The lowest BCUT2D eigenvalue weighted by Crippen LogP contribution is -2.52. The van der Waals surface area contributed by atoms with Gasteiger partial charge in [0.2, 0.25) is 10.0 Å². The third-order valence-electron chi connectivity index (χ3n) is 5.95. The van der Waals surface area contributed by atoms with Gasteiger partial charge in [-0.15, -0.1) is 12.4 Å². The zero-order chi connectivity index (χ0) is 21.1. The SMILES string of the molecule is CC(N[C@H]1CCCCC1NS(=O)(=O)c1ccccc1Cl)c1cccc2ccccc12.Cl. The summed E-state index contributed by atoms with van der Waals surface area (Å²) in [6.45, 7) is 2.15. The van der Waals surface area contributed by atoms with E-state index in [1.807, 2.05) is 6.07 Å². The summed E-state index contributed by atoms with van der Waals surface area (Å²) in [4.78, 5) is 0.137. The average molecular weight is 479 g/mol. The van der Waals surface area contributed by atoms with Crippen molar-refractivity contribution in [3.8, 4) is 0 Å². The molecule has 4 nitrogen and oxygen atoms in total. The number of fused-ring (bicyclic) bond motifs is 1. The van der Waals surface area contributed by atoms with Gasteiger partial charge in [-0.3, -0.25) is 0 Å². The van der Waals surface area contributed by atoms with Crippen molar-refractivity contribution in [2.45, 2.75) is 55.6 Å². The maximum absolute atomic E-state index is 13.0. The summed E-state index contributed by atoms with van der Waals surface area (Å²) in [6, 6.07) is 21.3. The van der Waals surface area contributed by atoms with E-state index in [4.69, 9.17) is 11.6 Å². The predicted octanol–water partition coefficient (Wildman–Crippen LogP) is 5.86. The zero-order valence-electron chi connectivity index (χ0n) is 17.4. The second kappa shape index (κ2) is 10.3. The monoisotopic (exact) mass is 478 g/mol. The highest BCUT2D eigenvalue weighted by atomic mass is 35.5. The molecular weight excluding hydrogens is 451 g/mol. The smallest absolute Gasteiger partial charge is 0.242 e. The number of nitrogens with one attached hydrogen (secondary N) is 2. The van der Waals surface area contributed by atoms with Gasteiger partial charge in [0.05, 0.1) is 5.02 Å². The quantitative estimate of drug-likeness (QED) is 0.466. The fourth-order valence-electron chi connectivity index (χ4n) is 4.44. The molecule has 31 heavy (non-hydrogen) atoms. The van der Waals surface area contributed by atoms with Gasteiger partial charge in [0.25, 0.3) is 0 Å². The highest BCUT2D eigenvalue weighted by molar-refractivity contribution is 7.89. The van der Waals surface area contributed by atoms with Gasteiger partial charge in [-0.05, 0) is 48.2 Å². The molecule has 1 aliphatic rings. The second-order valence-corrected chi connectivity index (χ2v) is 10.1. The summed E-state index contributed by atoms with van der Waals surface area (Å²) in [6.07, 6.45) is 3.84. The first-order chi connectivity index (χ1) is 14.5. The minimum absolute atomic E-state index is 0. The van der Waals surface area contributed by atoms with Crippen molar-refractivity contribution in [3.63, 3.8) is 0 Å². The molecule has 0 aromatic heterocycles. The summed E-state index contributed by atoms with van der Waals surface area (Å²) < 4.78 is 28.9. The highest BCUT2D eigenvalue weighted by Crippen LogP contribution is 2.28. The largest absolute Gasteiger partial charge is 0.306 e. The van der Waals surface area contributed by atoms with Crippen LogP contribution in [0.3, 0.4) is 0 Å². The van der Waals surface area contributed by atoms with E-state index in [9.17, 15) is 8.42 Å². The molecule has 3 atom stereocenters. The van der Waals surface area contributed by atoms with E-state index in [0.717, 1.165) is 25.7 Å². The lowest BCUT2D eigenvalue weighted by molar-refractivity contribution is 0.291. The molecule has 3 aromatic carbocycles. The summed E-state index contributed by atoms with van der Waals surface area (Å²) >= 11 is 6.15. The zero-order valence-corrected chi connectivity index (χ0v) is 19.8. The van der Waals surface area contributed by atoms with Crippen LogP contribution in [0.1, 0.15) is 44.2 Å². The molecule has 4 rings (SSSR count). The van der Waals surface area contributed by atoms with Crippen LogP contribution in [0.5, 0.6) is 0 Å². The van der Waals surface area contributed by atoms with E-state index >= 15 is 0 Å². The fourth-order valence-corrected chi connectivity index (χ4v) is 6.27.